The number of anilines is 2. The third kappa shape index (κ3) is 4.38. The summed E-state index contributed by atoms with van der Waals surface area (Å²) >= 11 is 0. The van der Waals surface area contributed by atoms with Crippen molar-refractivity contribution in [2.24, 2.45) is 0 Å². The number of amides is 1. The maximum Gasteiger partial charge on any atom is 0.258 e. The van der Waals surface area contributed by atoms with Gasteiger partial charge in [-0.1, -0.05) is 48.5 Å². The molecule has 2 aliphatic heterocycles. The Bertz CT molecular complexity index is 1410. The molecule has 4 unspecified atom stereocenters. The van der Waals surface area contributed by atoms with Crippen molar-refractivity contribution in [2.75, 3.05) is 9.80 Å². The predicted octanol–water partition coefficient (Wildman–Crippen LogP) is 7.05. The van der Waals surface area contributed by atoms with Crippen LogP contribution in [0.5, 0.6) is 0 Å². The summed E-state index contributed by atoms with van der Waals surface area (Å²) in [5.41, 5.74) is 4.18. The number of fused-ring (bicyclic) bond motifs is 1. The van der Waals surface area contributed by atoms with Crippen LogP contribution in [0.2, 0.25) is 0 Å². The van der Waals surface area contributed by atoms with Crippen LogP contribution in [0.25, 0.3) is 0 Å². The number of nitrogens with zero attached hydrogens (tertiary/aromatic N) is 2. The molecule has 0 aliphatic carbocycles. The SMILES string of the molecule is CC1CC(N(C(=O)c2ccc(F)cc2)c2ccccc2)c2ccccc2N1C1OC1c1ccc(F)cc1. The predicted molar refractivity (Wildman–Crippen MR) is 139 cm³/mol. The molecule has 4 aromatic rings. The molecule has 0 spiro atoms. The van der Waals surface area contributed by atoms with E-state index in [-0.39, 0.29) is 42.0 Å². The van der Waals surface area contributed by atoms with E-state index in [4.69, 9.17) is 4.74 Å². The van der Waals surface area contributed by atoms with Crippen LogP contribution in [-0.4, -0.2) is 18.2 Å². The zero-order valence-electron chi connectivity index (χ0n) is 20.3. The maximum absolute atomic E-state index is 13.9. The van der Waals surface area contributed by atoms with E-state index < -0.39 is 0 Å². The summed E-state index contributed by atoms with van der Waals surface area (Å²) in [5.74, 6) is -0.832. The molecule has 2 heterocycles. The van der Waals surface area contributed by atoms with Crippen molar-refractivity contribution in [2.45, 2.75) is 37.8 Å². The molecule has 6 rings (SSSR count). The lowest BCUT2D eigenvalue weighted by molar-refractivity contribution is 0.0973. The fourth-order valence-electron chi connectivity index (χ4n) is 5.41. The Balaban J connectivity index is 1.38. The first-order chi connectivity index (χ1) is 18.0. The first kappa shape index (κ1) is 23.4. The van der Waals surface area contributed by atoms with Crippen LogP contribution in [0.15, 0.2) is 103 Å². The lowest BCUT2D eigenvalue weighted by atomic mass is 9.89. The number of hydrogen-bond donors (Lipinski definition) is 0. The van der Waals surface area contributed by atoms with Gasteiger partial charge in [0.2, 0.25) is 0 Å². The number of hydrogen-bond acceptors (Lipinski definition) is 3. The highest BCUT2D eigenvalue weighted by atomic mass is 19.1. The molecule has 2 aliphatic rings. The molecule has 1 saturated heterocycles. The van der Waals surface area contributed by atoms with Gasteiger partial charge in [-0.2, -0.15) is 0 Å². The number of para-hydroxylation sites is 2. The molecule has 0 bridgehead atoms. The van der Waals surface area contributed by atoms with Crippen molar-refractivity contribution in [1.82, 2.24) is 0 Å². The number of rotatable bonds is 5. The fraction of sp³-hybridized carbons (Fsp3) is 0.194. The van der Waals surface area contributed by atoms with Gasteiger partial charge >= 0.3 is 0 Å². The molecule has 1 amide bonds. The molecular weight excluding hydrogens is 470 g/mol. The zero-order valence-corrected chi connectivity index (χ0v) is 20.3. The minimum absolute atomic E-state index is 0.0579. The van der Waals surface area contributed by atoms with Crippen molar-refractivity contribution >= 4 is 17.3 Å². The van der Waals surface area contributed by atoms with Gasteiger partial charge in [0.15, 0.2) is 6.23 Å². The van der Waals surface area contributed by atoms with Crippen LogP contribution in [0, 0.1) is 11.6 Å². The standard InChI is InChI=1S/C31H26F2N2O2/c1-20-19-28(35(25-7-3-2-4-8-25)30(36)22-13-17-24(33)18-14-22)26-9-5-6-10-27(26)34(20)31-29(37-31)21-11-15-23(32)16-12-21/h2-18,20,28-29,31H,19H2,1H3. The zero-order chi connectivity index (χ0) is 25.5. The summed E-state index contributed by atoms with van der Waals surface area (Å²) in [6, 6.07) is 29.7. The molecule has 0 radical (unpaired) electrons. The first-order valence-corrected chi connectivity index (χ1v) is 12.4. The maximum atomic E-state index is 13.9. The molecule has 0 aromatic heterocycles. The second-order valence-electron chi connectivity index (χ2n) is 9.58. The second kappa shape index (κ2) is 9.45. The van der Waals surface area contributed by atoms with Crippen molar-refractivity contribution in [3.05, 3.63) is 131 Å². The highest BCUT2D eigenvalue weighted by Crippen LogP contribution is 2.50. The smallest absolute Gasteiger partial charge is 0.258 e. The molecule has 0 N–H and O–H groups in total. The third-order valence-corrected chi connectivity index (χ3v) is 7.21. The number of carbonyl (C=O) groups is 1. The number of epoxide rings is 1. The molecule has 186 valence electrons. The number of carbonyl (C=O) groups excluding carboxylic acids is 1. The molecule has 4 aromatic carbocycles. The average molecular weight is 497 g/mol. The van der Waals surface area contributed by atoms with Crippen LogP contribution in [0.3, 0.4) is 0 Å². The Morgan fingerprint density at radius 1 is 0.838 bits per heavy atom. The first-order valence-electron chi connectivity index (χ1n) is 12.4. The quantitative estimate of drug-likeness (QED) is 0.278. The topological polar surface area (TPSA) is 36.1 Å². The van der Waals surface area contributed by atoms with E-state index >= 15 is 0 Å². The van der Waals surface area contributed by atoms with Gasteiger partial charge in [-0.15, -0.1) is 0 Å². The van der Waals surface area contributed by atoms with E-state index in [1.54, 1.807) is 12.1 Å². The highest BCUT2D eigenvalue weighted by molar-refractivity contribution is 6.06. The number of halogens is 2. The van der Waals surface area contributed by atoms with E-state index in [1.165, 1.54) is 36.4 Å². The Hall–Kier alpha value is -4.03. The molecular formula is C31H26F2N2O2. The van der Waals surface area contributed by atoms with E-state index in [0.717, 1.165) is 22.5 Å². The van der Waals surface area contributed by atoms with E-state index in [9.17, 15) is 13.6 Å². The summed E-state index contributed by atoms with van der Waals surface area (Å²) in [7, 11) is 0. The monoisotopic (exact) mass is 496 g/mol. The molecule has 1 fully saturated rings. The largest absolute Gasteiger partial charge is 0.343 e. The summed E-state index contributed by atoms with van der Waals surface area (Å²) in [6.07, 6.45) is 0.369. The molecule has 4 atom stereocenters. The van der Waals surface area contributed by atoms with Gasteiger partial charge in [0, 0.05) is 23.0 Å². The lowest BCUT2D eigenvalue weighted by Gasteiger charge is -2.44. The summed E-state index contributed by atoms with van der Waals surface area (Å²) in [5, 5.41) is 0. The van der Waals surface area contributed by atoms with Crippen LogP contribution in [0.4, 0.5) is 20.2 Å². The Morgan fingerprint density at radius 2 is 1.46 bits per heavy atom. The van der Waals surface area contributed by atoms with Gasteiger partial charge in [0.25, 0.3) is 5.91 Å². The molecule has 4 nitrogen and oxygen atoms in total. The fourth-order valence-corrected chi connectivity index (χ4v) is 5.41. The number of benzene rings is 4. The average Bonchev–Trinajstić information content (AvgIpc) is 3.70. The lowest BCUT2D eigenvalue weighted by Crippen LogP contribution is -2.46. The van der Waals surface area contributed by atoms with E-state index in [2.05, 4.69) is 24.0 Å². The Morgan fingerprint density at radius 3 is 2.16 bits per heavy atom. The van der Waals surface area contributed by atoms with Crippen LogP contribution in [0.1, 0.15) is 47.0 Å². The van der Waals surface area contributed by atoms with Crippen LogP contribution >= 0.6 is 0 Å². The van der Waals surface area contributed by atoms with Crippen molar-refractivity contribution in [1.29, 1.82) is 0 Å². The van der Waals surface area contributed by atoms with Crippen molar-refractivity contribution in [3.63, 3.8) is 0 Å². The van der Waals surface area contributed by atoms with E-state index in [0.29, 0.717) is 12.0 Å². The normalized spacial score (nSPS) is 22.3. The minimum atomic E-state index is -0.379. The summed E-state index contributed by atoms with van der Waals surface area (Å²) in [6.45, 7) is 2.14. The van der Waals surface area contributed by atoms with Gasteiger partial charge < -0.3 is 14.5 Å². The molecule has 37 heavy (non-hydrogen) atoms. The second-order valence-corrected chi connectivity index (χ2v) is 9.58. The Labute approximate surface area is 214 Å². The van der Waals surface area contributed by atoms with Gasteiger partial charge in [-0.25, -0.2) is 8.78 Å². The highest BCUT2D eigenvalue weighted by Gasteiger charge is 2.50. The van der Waals surface area contributed by atoms with Gasteiger partial charge in [0.1, 0.15) is 17.7 Å². The third-order valence-electron chi connectivity index (χ3n) is 7.21. The summed E-state index contributed by atoms with van der Waals surface area (Å²) < 4.78 is 33.2. The molecule has 6 heteroatoms. The van der Waals surface area contributed by atoms with Crippen molar-refractivity contribution < 1.29 is 18.3 Å². The molecule has 0 saturated carbocycles. The van der Waals surface area contributed by atoms with Gasteiger partial charge in [-0.05, 0) is 79.1 Å². The number of ether oxygens (including phenoxy) is 1. The Kier molecular flexibility index (Phi) is 5.97. The van der Waals surface area contributed by atoms with Gasteiger partial charge in [-0.3, -0.25) is 4.79 Å². The van der Waals surface area contributed by atoms with Gasteiger partial charge in [0.05, 0.1) is 6.04 Å². The van der Waals surface area contributed by atoms with Crippen LogP contribution in [-0.2, 0) is 4.74 Å². The summed E-state index contributed by atoms with van der Waals surface area (Å²) in [4.78, 5) is 18.0. The van der Waals surface area contributed by atoms with Crippen molar-refractivity contribution in [3.8, 4) is 0 Å². The van der Waals surface area contributed by atoms with Crippen LogP contribution < -0.4 is 9.80 Å². The van der Waals surface area contributed by atoms with E-state index in [1.807, 2.05) is 47.4 Å². The minimum Gasteiger partial charge on any atom is -0.343 e.